The molecular formula is C11H22. The van der Waals surface area contributed by atoms with Gasteiger partial charge in [-0.1, -0.05) is 53.2 Å². The summed E-state index contributed by atoms with van der Waals surface area (Å²) in [5, 5.41) is 0. The highest BCUT2D eigenvalue weighted by atomic mass is 14.3. The summed E-state index contributed by atoms with van der Waals surface area (Å²) >= 11 is 0. The smallest absolute Gasteiger partial charge is 0.0168 e. The van der Waals surface area contributed by atoms with Crippen molar-refractivity contribution in [2.24, 2.45) is 10.8 Å². The molecule has 0 aromatic heterocycles. The SMILES string of the molecule is CC=C(C(C)(C)C)C(C)(C)C. The van der Waals surface area contributed by atoms with Crippen molar-refractivity contribution in [3.05, 3.63) is 11.6 Å². The number of rotatable bonds is 0. The van der Waals surface area contributed by atoms with Gasteiger partial charge in [0.05, 0.1) is 0 Å². The Kier molecular flexibility index (Phi) is 2.93. The highest BCUT2D eigenvalue weighted by Gasteiger charge is 2.26. The van der Waals surface area contributed by atoms with Crippen LogP contribution in [-0.4, -0.2) is 0 Å². The van der Waals surface area contributed by atoms with Crippen molar-refractivity contribution >= 4 is 0 Å². The van der Waals surface area contributed by atoms with Crippen LogP contribution in [0.4, 0.5) is 0 Å². The molecule has 0 atom stereocenters. The Bertz CT molecular complexity index is 132. The summed E-state index contributed by atoms with van der Waals surface area (Å²) in [5.41, 5.74) is 2.16. The van der Waals surface area contributed by atoms with E-state index in [0.29, 0.717) is 10.8 Å². The predicted molar refractivity (Wildman–Crippen MR) is 52.7 cm³/mol. The number of allylic oxidation sites excluding steroid dienone is 2. The minimum Gasteiger partial charge on any atom is -0.0874 e. The molecule has 66 valence electrons. The molecule has 11 heavy (non-hydrogen) atoms. The molecule has 0 nitrogen and oxygen atoms in total. The molecule has 0 saturated carbocycles. The quantitative estimate of drug-likeness (QED) is 0.462. The molecule has 0 aromatic carbocycles. The van der Waals surface area contributed by atoms with E-state index in [0.717, 1.165) is 0 Å². The Morgan fingerprint density at radius 3 is 1.09 bits per heavy atom. The number of hydrogen-bond acceptors (Lipinski definition) is 0. The van der Waals surface area contributed by atoms with Gasteiger partial charge in [0.15, 0.2) is 0 Å². The van der Waals surface area contributed by atoms with Crippen LogP contribution in [0, 0.1) is 10.8 Å². The molecule has 0 heteroatoms. The van der Waals surface area contributed by atoms with E-state index in [1.165, 1.54) is 5.57 Å². The van der Waals surface area contributed by atoms with Gasteiger partial charge in [0.1, 0.15) is 0 Å². The van der Waals surface area contributed by atoms with Crippen LogP contribution in [0.2, 0.25) is 0 Å². The first-order chi connectivity index (χ1) is 4.69. The average Bonchev–Trinajstić information content (AvgIpc) is 1.56. The molecule has 0 bridgehead atoms. The molecule has 0 saturated heterocycles. The monoisotopic (exact) mass is 154 g/mol. The zero-order chi connectivity index (χ0) is 9.28. The van der Waals surface area contributed by atoms with Gasteiger partial charge < -0.3 is 0 Å². The van der Waals surface area contributed by atoms with E-state index < -0.39 is 0 Å². The van der Waals surface area contributed by atoms with E-state index in [1.54, 1.807) is 0 Å². The summed E-state index contributed by atoms with van der Waals surface area (Å²) in [6.45, 7) is 15.8. The first-order valence-corrected chi connectivity index (χ1v) is 4.37. The minimum absolute atomic E-state index is 0.312. The largest absolute Gasteiger partial charge is 0.0874 e. The van der Waals surface area contributed by atoms with Crippen molar-refractivity contribution < 1.29 is 0 Å². The second-order valence-corrected chi connectivity index (χ2v) is 5.20. The molecule has 0 spiro atoms. The maximum atomic E-state index is 2.27. The summed E-state index contributed by atoms with van der Waals surface area (Å²) in [7, 11) is 0. The van der Waals surface area contributed by atoms with Crippen LogP contribution in [0.15, 0.2) is 11.6 Å². The fraction of sp³-hybridized carbons (Fsp3) is 0.818. The fourth-order valence-electron chi connectivity index (χ4n) is 1.99. The highest BCUT2D eigenvalue weighted by Crippen LogP contribution is 2.38. The van der Waals surface area contributed by atoms with Crippen LogP contribution >= 0.6 is 0 Å². The van der Waals surface area contributed by atoms with Gasteiger partial charge in [0.25, 0.3) is 0 Å². The lowest BCUT2D eigenvalue weighted by Crippen LogP contribution is -2.21. The van der Waals surface area contributed by atoms with Gasteiger partial charge in [-0.05, 0) is 17.8 Å². The lowest BCUT2D eigenvalue weighted by atomic mass is 9.72. The number of hydrogen-bond donors (Lipinski definition) is 0. The Balaban J connectivity index is 4.74. The van der Waals surface area contributed by atoms with Gasteiger partial charge in [0, 0.05) is 0 Å². The van der Waals surface area contributed by atoms with Crippen molar-refractivity contribution in [2.45, 2.75) is 48.5 Å². The van der Waals surface area contributed by atoms with Crippen LogP contribution in [0.25, 0.3) is 0 Å². The van der Waals surface area contributed by atoms with Crippen LogP contribution in [0.5, 0.6) is 0 Å². The van der Waals surface area contributed by atoms with Crippen molar-refractivity contribution in [1.29, 1.82) is 0 Å². The summed E-state index contributed by atoms with van der Waals surface area (Å²) in [5.74, 6) is 0. The van der Waals surface area contributed by atoms with Crippen LogP contribution < -0.4 is 0 Å². The molecule has 0 aromatic rings. The van der Waals surface area contributed by atoms with Gasteiger partial charge in [-0.2, -0.15) is 0 Å². The lowest BCUT2D eigenvalue weighted by molar-refractivity contribution is 0.361. The summed E-state index contributed by atoms with van der Waals surface area (Å²) in [4.78, 5) is 0. The molecule has 0 unspecified atom stereocenters. The third-order valence-corrected chi connectivity index (χ3v) is 1.90. The molecule has 0 N–H and O–H groups in total. The summed E-state index contributed by atoms with van der Waals surface area (Å²) < 4.78 is 0. The van der Waals surface area contributed by atoms with Crippen molar-refractivity contribution in [3.63, 3.8) is 0 Å². The second-order valence-electron chi connectivity index (χ2n) is 5.20. The maximum Gasteiger partial charge on any atom is -0.0168 e. The molecular weight excluding hydrogens is 132 g/mol. The Morgan fingerprint density at radius 1 is 0.818 bits per heavy atom. The van der Waals surface area contributed by atoms with Gasteiger partial charge in [-0.3, -0.25) is 0 Å². The lowest BCUT2D eigenvalue weighted by Gasteiger charge is -2.33. The molecule has 0 fully saturated rings. The minimum atomic E-state index is 0.312. The fourth-order valence-corrected chi connectivity index (χ4v) is 1.99. The third kappa shape index (κ3) is 3.09. The van der Waals surface area contributed by atoms with Gasteiger partial charge in [0.2, 0.25) is 0 Å². The molecule has 0 aliphatic carbocycles. The van der Waals surface area contributed by atoms with Gasteiger partial charge in [-0.15, -0.1) is 0 Å². The van der Waals surface area contributed by atoms with Gasteiger partial charge >= 0.3 is 0 Å². The summed E-state index contributed by atoms with van der Waals surface area (Å²) in [6.07, 6.45) is 2.25. The molecule has 0 amide bonds. The second kappa shape index (κ2) is 3.00. The van der Waals surface area contributed by atoms with Gasteiger partial charge in [-0.25, -0.2) is 0 Å². The van der Waals surface area contributed by atoms with E-state index in [1.807, 2.05) is 0 Å². The molecule has 0 rings (SSSR count). The van der Waals surface area contributed by atoms with E-state index >= 15 is 0 Å². The molecule has 0 radical (unpaired) electrons. The molecule has 0 aliphatic heterocycles. The molecule has 0 aliphatic rings. The third-order valence-electron chi connectivity index (χ3n) is 1.90. The average molecular weight is 154 g/mol. The standard InChI is InChI=1S/C11H22/c1-8-9(10(2,3)4)11(5,6)7/h8H,1-7H3. The van der Waals surface area contributed by atoms with Crippen molar-refractivity contribution in [2.75, 3.05) is 0 Å². The molecule has 0 heterocycles. The van der Waals surface area contributed by atoms with Crippen LogP contribution in [0.1, 0.15) is 48.5 Å². The van der Waals surface area contributed by atoms with Crippen LogP contribution in [-0.2, 0) is 0 Å². The van der Waals surface area contributed by atoms with E-state index in [9.17, 15) is 0 Å². The normalized spacial score (nSPS) is 13.0. The van der Waals surface area contributed by atoms with Crippen molar-refractivity contribution in [3.8, 4) is 0 Å². The Hall–Kier alpha value is -0.260. The maximum absolute atomic E-state index is 2.27. The topological polar surface area (TPSA) is 0 Å². The summed E-state index contributed by atoms with van der Waals surface area (Å²) in [6, 6.07) is 0. The van der Waals surface area contributed by atoms with E-state index in [2.05, 4.69) is 54.5 Å². The van der Waals surface area contributed by atoms with E-state index in [-0.39, 0.29) is 0 Å². The zero-order valence-corrected chi connectivity index (χ0v) is 9.08. The highest BCUT2D eigenvalue weighted by molar-refractivity contribution is 5.16. The zero-order valence-electron chi connectivity index (χ0n) is 9.08. The van der Waals surface area contributed by atoms with Crippen molar-refractivity contribution in [1.82, 2.24) is 0 Å². The first-order valence-electron chi connectivity index (χ1n) is 4.37. The first kappa shape index (κ1) is 10.7. The van der Waals surface area contributed by atoms with E-state index in [4.69, 9.17) is 0 Å². The van der Waals surface area contributed by atoms with Crippen LogP contribution in [0.3, 0.4) is 0 Å². The Labute approximate surface area is 71.7 Å². The Morgan fingerprint density at radius 2 is 1.09 bits per heavy atom. The predicted octanol–water partition coefficient (Wildman–Crippen LogP) is 4.02.